The number of para-hydroxylation sites is 1. The van der Waals surface area contributed by atoms with Gasteiger partial charge < -0.3 is 0 Å². The van der Waals surface area contributed by atoms with Crippen molar-refractivity contribution in [2.75, 3.05) is 0 Å². The summed E-state index contributed by atoms with van der Waals surface area (Å²) in [6.07, 6.45) is 2.87. The van der Waals surface area contributed by atoms with Gasteiger partial charge in [-0.1, -0.05) is 51.8 Å². The molecule has 0 bridgehead atoms. The van der Waals surface area contributed by atoms with Crippen molar-refractivity contribution in [1.82, 2.24) is 15.0 Å². The van der Waals surface area contributed by atoms with Crippen LogP contribution in [-0.4, -0.2) is 15.0 Å². The predicted molar refractivity (Wildman–Crippen MR) is 68.3 cm³/mol. The summed E-state index contributed by atoms with van der Waals surface area (Å²) >= 11 is 9.62. The monoisotopic (exact) mass is 299 g/mol. The van der Waals surface area contributed by atoms with E-state index in [1.165, 1.54) is 0 Å². The summed E-state index contributed by atoms with van der Waals surface area (Å²) in [6, 6.07) is 7.57. The van der Waals surface area contributed by atoms with Crippen molar-refractivity contribution >= 4 is 27.5 Å². The van der Waals surface area contributed by atoms with Crippen molar-refractivity contribution in [2.24, 2.45) is 0 Å². The second kappa shape index (κ2) is 4.97. The second-order valence-corrected chi connectivity index (χ2v) is 4.93. The van der Waals surface area contributed by atoms with Crippen LogP contribution in [0, 0.1) is 0 Å². The van der Waals surface area contributed by atoms with Gasteiger partial charge in [0.25, 0.3) is 0 Å². The Morgan fingerprint density at radius 3 is 2.88 bits per heavy atom. The molecule has 16 heavy (non-hydrogen) atoms. The molecule has 1 heterocycles. The quantitative estimate of drug-likeness (QED) is 0.808. The van der Waals surface area contributed by atoms with Crippen molar-refractivity contribution in [2.45, 2.75) is 18.2 Å². The third kappa shape index (κ3) is 2.28. The molecule has 2 rings (SSSR count). The number of hydrogen-bond acceptors (Lipinski definition) is 2. The average molecular weight is 301 g/mol. The SMILES string of the molecule is CCC(Br)c1cn(-c2ccccc2Cl)nn1. The summed E-state index contributed by atoms with van der Waals surface area (Å²) in [6.45, 7) is 2.09. The molecule has 5 heteroatoms. The van der Waals surface area contributed by atoms with E-state index in [1.54, 1.807) is 4.68 Å². The maximum atomic E-state index is 6.08. The lowest BCUT2D eigenvalue weighted by Gasteiger charge is -2.02. The first-order valence-electron chi connectivity index (χ1n) is 5.03. The van der Waals surface area contributed by atoms with Crippen molar-refractivity contribution in [3.8, 4) is 5.69 Å². The zero-order valence-electron chi connectivity index (χ0n) is 8.77. The minimum absolute atomic E-state index is 0.240. The maximum absolute atomic E-state index is 6.08. The van der Waals surface area contributed by atoms with E-state index in [0.29, 0.717) is 5.02 Å². The van der Waals surface area contributed by atoms with Crippen LogP contribution in [0.1, 0.15) is 23.9 Å². The van der Waals surface area contributed by atoms with E-state index >= 15 is 0 Å². The number of halogens is 2. The molecule has 1 aromatic carbocycles. The third-order valence-electron chi connectivity index (χ3n) is 2.29. The Morgan fingerprint density at radius 2 is 2.19 bits per heavy atom. The van der Waals surface area contributed by atoms with Crippen molar-refractivity contribution in [3.63, 3.8) is 0 Å². The number of hydrogen-bond donors (Lipinski definition) is 0. The van der Waals surface area contributed by atoms with Crippen molar-refractivity contribution in [3.05, 3.63) is 41.2 Å². The van der Waals surface area contributed by atoms with Crippen LogP contribution < -0.4 is 0 Å². The highest BCUT2D eigenvalue weighted by Crippen LogP contribution is 2.25. The summed E-state index contributed by atoms with van der Waals surface area (Å²) in [5.41, 5.74) is 1.76. The Balaban J connectivity index is 2.35. The Morgan fingerprint density at radius 1 is 1.44 bits per heavy atom. The minimum atomic E-state index is 0.240. The number of nitrogens with zero attached hydrogens (tertiary/aromatic N) is 3. The first kappa shape index (κ1) is 11.6. The van der Waals surface area contributed by atoms with Crippen molar-refractivity contribution in [1.29, 1.82) is 0 Å². The molecule has 1 atom stereocenters. The van der Waals surface area contributed by atoms with Crippen LogP contribution in [-0.2, 0) is 0 Å². The molecule has 0 amide bonds. The average Bonchev–Trinajstić information content (AvgIpc) is 2.78. The first-order valence-corrected chi connectivity index (χ1v) is 6.33. The van der Waals surface area contributed by atoms with Gasteiger partial charge in [-0.15, -0.1) is 5.10 Å². The van der Waals surface area contributed by atoms with Gasteiger partial charge in [0.2, 0.25) is 0 Å². The molecular weight excluding hydrogens is 289 g/mol. The molecule has 0 aliphatic rings. The zero-order valence-corrected chi connectivity index (χ0v) is 11.1. The number of benzene rings is 1. The Bertz CT molecular complexity index is 484. The number of aromatic nitrogens is 3. The Hall–Kier alpha value is -0.870. The topological polar surface area (TPSA) is 30.7 Å². The molecule has 0 fully saturated rings. The maximum Gasteiger partial charge on any atom is 0.0967 e. The Kier molecular flexibility index (Phi) is 3.61. The first-order chi connectivity index (χ1) is 7.72. The molecule has 0 N–H and O–H groups in total. The molecule has 1 aromatic heterocycles. The molecule has 0 spiro atoms. The van der Waals surface area contributed by atoms with E-state index in [1.807, 2.05) is 30.5 Å². The van der Waals surface area contributed by atoms with Crippen LogP contribution >= 0.6 is 27.5 Å². The minimum Gasteiger partial charge on any atom is -0.219 e. The lowest BCUT2D eigenvalue weighted by Crippen LogP contribution is -1.95. The van der Waals surface area contributed by atoms with Gasteiger partial charge in [-0.25, -0.2) is 4.68 Å². The lowest BCUT2D eigenvalue weighted by molar-refractivity contribution is 0.790. The summed E-state index contributed by atoms with van der Waals surface area (Å²) in [4.78, 5) is 0.240. The predicted octanol–water partition coefficient (Wildman–Crippen LogP) is 3.77. The van der Waals surface area contributed by atoms with E-state index in [0.717, 1.165) is 17.8 Å². The van der Waals surface area contributed by atoms with Gasteiger partial charge >= 0.3 is 0 Å². The molecule has 0 saturated carbocycles. The highest BCUT2D eigenvalue weighted by molar-refractivity contribution is 9.09. The molecular formula is C11H11BrClN3. The fourth-order valence-corrected chi connectivity index (χ4v) is 1.82. The van der Waals surface area contributed by atoms with Crippen LogP contribution in [0.2, 0.25) is 5.02 Å². The van der Waals surface area contributed by atoms with Gasteiger partial charge in [0.1, 0.15) is 0 Å². The normalized spacial score (nSPS) is 12.7. The van der Waals surface area contributed by atoms with Crippen molar-refractivity contribution < 1.29 is 0 Å². The summed E-state index contributed by atoms with van der Waals surface area (Å²) < 4.78 is 1.70. The standard InChI is InChI=1S/C11H11BrClN3/c1-2-8(12)10-7-16(15-14-10)11-6-4-3-5-9(11)13/h3-8H,2H2,1H3. The fourth-order valence-electron chi connectivity index (χ4n) is 1.38. The fraction of sp³-hybridized carbons (Fsp3) is 0.273. The number of alkyl halides is 1. The molecule has 2 aromatic rings. The van der Waals surface area contributed by atoms with E-state index < -0.39 is 0 Å². The van der Waals surface area contributed by atoms with Gasteiger partial charge in [-0.05, 0) is 18.6 Å². The molecule has 0 saturated heterocycles. The van der Waals surface area contributed by atoms with Gasteiger partial charge in [-0.2, -0.15) is 0 Å². The second-order valence-electron chi connectivity index (χ2n) is 3.42. The van der Waals surface area contributed by atoms with Gasteiger partial charge in [-0.3, -0.25) is 0 Å². The Labute approximate surface area is 108 Å². The summed E-state index contributed by atoms with van der Waals surface area (Å²) in [7, 11) is 0. The van der Waals surface area contributed by atoms with E-state index in [-0.39, 0.29) is 4.83 Å². The number of rotatable bonds is 3. The lowest BCUT2D eigenvalue weighted by atomic mass is 10.3. The van der Waals surface area contributed by atoms with Crippen LogP contribution in [0.5, 0.6) is 0 Å². The van der Waals surface area contributed by atoms with Gasteiger partial charge in [0.15, 0.2) is 0 Å². The largest absolute Gasteiger partial charge is 0.219 e. The van der Waals surface area contributed by atoms with Crippen LogP contribution in [0.4, 0.5) is 0 Å². The van der Waals surface area contributed by atoms with Crippen LogP contribution in [0.25, 0.3) is 5.69 Å². The van der Waals surface area contributed by atoms with Gasteiger partial charge in [0, 0.05) is 0 Å². The summed E-state index contributed by atoms with van der Waals surface area (Å²) in [5, 5.41) is 8.85. The van der Waals surface area contributed by atoms with E-state index in [9.17, 15) is 0 Å². The van der Waals surface area contributed by atoms with Gasteiger partial charge in [0.05, 0.1) is 27.4 Å². The molecule has 1 unspecified atom stereocenters. The molecule has 84 valence electrons. The zero-order chi connectivity index (χ0) is 11.5. The smallest absolute Gasteiger partial charge is 0.0967 e. The highest BCUT2D eigenvalue weighted by atomic mass is 79.9. The third-order valence-corrected chi connectivity index (χ3v) is 3.73. The van der Waals surface area contributed by atoms with Crippen LogP contribution in [0.3, 0.4) is 0 Å². The molecule has 0 aliphatic carbocycles. The molecule has 0 aliphatic heterocycles. The molecule has 3 nitrogen and oxygen atoms in total. The molecule has 0 radical (unpaired) electrons. The van der Waals surface area contributed by atoms with E-state index in [4.69, 9.17) is 11.6 Å². The van der Waals surface area contributed by atoms with E-state index in [2.05, 4.69) is 33.2 Å². The van der Waals surface area contributed by atoms with Crippen LogP contribution in [0.15, 0.2) is 30.5 Å². The summed E-state index contributed by atoms with van der Waals surface area (Å²) in [5.74, 6) is 0. The highest BCUT2D eigenvalue weighted by Gasteiger charge is 2.11.